The Morgan fingerprint density at radius 3 is 2.54 bits per heavy atom. The molecule has 2 aromatic rings. The van der Waals surface area contributed by atoms with Crippen LogP contribution >= 0.6 is 0 Å². The van der Waals surface area contributed by atoms with Gasteiger partial charge in [-0.1, -0.05) is 12.1 Å². The smallest absolute Gasteiger partial charge is 0.428 e. The summed E-state index contributed by atoms with van der Waals surface area (Å²) in [4.78, 5) is 14.6. The van der Waals surface area contributed by atoms with Gasteiger partial charge >= 0.3 is 12.3 Å². The fourth-order valence-corrected chi connectivity index (χ4v) is 2.18. The van der Waals surface area contributed by atoms with Crippen molar-refractivity contribution in [2.24, 2.45) is 5.10 Å². The van der Waals surface area contributed by atoms with E-state index < -0.39 is 23.7 Å². The highest BCUT2D eigenvalue weighted by molar-refractivity contribution is 6.04. The molecule has 0 radical (unpaired) electrons. The first kappa shape index (κ1) is 15.9. The number of ether oxygens (including phenoxy) is 1. The SMILES string of the molecule is O=C1NN=C(c2ccc(-c3ccc(F)cn3)c(C(F)(F)F)c2)CO1. The number of hydrogen-bond acceptors (Lipinski definition) is 4. The van der Waals surface area contributed by atoms with Crippen LogP contribution in [-0.4, -0.2) is 23.4 Å². The Kier molecular flexibility index (Phi) is 3.92. The Morgan fingerprint density at radius 1 is 1.17 bits per heavy atom. The quantitative estimate of drug-likeness (QED) is 0.854. The number of pyridine rings is 1. The summed E-state index contributed by atoms with van der Waals surface area (Å²) in [7, 11) is 0. The number of hydrogen-bond donors (Lipinski definition) is 1. The van der Waals surface area contributed by atoms with Crippen molar-refractivity contribution in [3.8, 4) is 11.3 Å². The number of aromatic nitrogens is 1. The Balaban J connectivity index is 2.08. The molecule has 9 heteroatoms. The number of amides is 1. The van der Waals surface area contributed by atoms with Crippen LogP contribution in [0.15, 0.2) is 41.6 Å². The molecule has 3 rings (SSSR count). The van der Waals surface area contributed by atoms with Crippen molar-refractivity contribution in [2.75, 3.05) is 6.61 Å². The van der Waals surface area contributed by atoms with E-state index in [0.29, 0.717) is 0 Å². The van der Waals surface area contributed by atoms with E-state index in [1.165, 1.54) is 18.2 Å². The summed E-state index contributed by atoms with van der Waals surface area (Å²) >= 11 is 0. The minimum Gasteiger partial charge on any atom is -0.442 e. The molecule has 1 aromatic heterocycles. The van der Waals surface area contributed by atoms with Gasteiger partial charge < -0.3 is 4.74 Å². The minimum atomic E-state index is -4.65. The molecule has 5 nitrogen and oxygen atoms in total. The minimum absolute atomic E-state index is 0.00888. The molecule has 0 bridgehead atoms. The molecule has 1 amide bonds. The maximum Gasteiger partial charge on any atom is 0.428 e. The van der Waals surface area contributed by atoms with Crippen molar-refractivity contribution < 1.29 is 27.1 Å². The van der Waals surface area contributed by atoms with Crippen molar-refractivity contribution in [2.45, 2.75) is 6.18 Å². The number of nitrogens with one attached hydrogen (secondary N) is 1. The maximum atomic E-state index is 13.4. The van der Waals surface area contributed by atoms with Gasteiger partial charge in [0.15, 0.2) is 0 Å². The van der Waals surface area contributed by atoms with Gasteiger partial charge in [-0.05, 0) is 18.2 Å². The standard InChI is InChI=1S/C15H9F4N3O2/c16-9-2-4-12(20-6-9)10-3-1-8(5-11(10)15(17,18)19)13-7-24-14(23)22-21-13/h1-6H,7H2,(H,22,23). The van der Waals surface area contributed by atoms with Gasteiger partial charge in [-0.2, -0.15) is 18.3 Å². The van der Waals surface area contributed by atoms with Crippen LogP contribution in [0.4, 0.5) is 22.4 Å². The molecule has 2 heterocycles. The number of hydrazone groups is 1. The Labute approximate surface area is 133 Å². The molecule has 0 atom stereocenters. The lowest BCUT2D eigenvalue weighted by atomic mass is 9.98. The van der Waals surface area contributed by atoms with E-state index >= 15 is 0 Å². The molecule has 124 valence electrons. The van der Waals surface area contributed by atoms with Crippen LogP contribution in [0.2, 0.25) is 0 Å². The molecular formula is C15H9F4N3O2. The molecule has 1 aliphatic heterocycles. The highest BCUT2D eigenvalue weighted by atomic mass is 19.4. The molecule has 1 aromatic carbocycles. The Bertz CT molecular complexity index is 816. The van der Waals surface area contributed by atoms with Gasteiger partial charge in [-0.25, -0.2) is 14.6 Å². The van der Waals surface area contributed by atoms with Crippen LogP contribution in [0.3, 0.4) is 0 Å². The van der Waals surface area contributed by atoms with Crippen molar-refractivity contribution in [3.05, 3.63) is 53.5 Å². The number of halogens is 4. The Hall–Kier alpha value is -2.97. The molecule has 1 aliphatic rings. The van der Waals surface area contributed by atoms with E-state index in [1.807, 2.05) is 5.43 Å². The van der Waals surface area contributed by atoms with Crippen molar-refractivity contribution in [1.82, 2.24) is 10.4 Å². The number of alkyl halides is 3. The number of rotatable bonds is 2. The summed E-state index contributed by atoms with van der Waals surface area (Å²) in [6.07, 6.45) is -4.58. The van der Waals surface area contributed by atoms with Crippen LogP contribution in [0.1, 0.15) is 11.1 Å². The van der Waals surface area contributed by atoms with Gasteiger partial charge in [-0.15, -0.1) is 0 Å². The van der Waals surface area contributed by atoms with E-state index in [0.717, 1.165) is 18.3 Å². The third kappa shape index (κ3) is 3.19. The highest BCUT2D eigenvalue weighted by Crippen LogP contribution is 2.37. The summed E-state index contributed by atoms with van der Waals surface area (Å²) in [6.45, 7) is -0.239. The van der Waals surface area contributed by atoms with E-state index in [1.54, 1.807) is 0 Å². The average Bonchev–Trinajstić information content (AvgIpc) is 2.55. The largest absolute Gasteiger partial charge is 0.442 e. The van der Waals surface area contributed by atoms with E-state index in [4.69, 9.17) is 0 Å². The fourth-order valence-electron chi connectivity index (χ4n) is 2.18. The van der Waals surface area contributed by atoms with Crippen LogP contribution < -0.4 is 5.43 Å². The molecule has 0 fully saturated rings. The van der Waals surface area contributed by atoms with Gasteiger partial charge in [-0.3, -0.25) is 4.98 Å². The third-order valence-corrected chi connectivity index (χ3v) is 3.28. The molecule has 0 saturated heterocycles. The first-order valence-electron chi connectivity index (χ1n) is 6.67. The summed E-state index contributed by atoms with van der Waals surface area (Å²) in [5.41, 5.74) is 1.19. The lowest BCUT2D eigenvalue weighted by Crippen LogP contribution is -2.30. The monoisotopic (exact) mass is 339 g/mol. The van der Waals surface area contributed by atoms with Crippen molar-refractivity contribution in [3.63, 3.8) is 0 Å². The predicted molar refractivity (Wildman–Crippen MR) is 75.7 cm³/mol. The lowest BCUT2D eigenvalue weighted by Gasteiger charge is -2.17. The highest BCUT2D eigenvalue weighted by Gasteiger charge is 2.35. The van der Waals surface area contributed by atoms with Crippen molar-refractivity contribution >= 4 is 11.8 Å². The zero-order chi connectivity index (χ0) is 17.3. The molecule has 24 heavy (non-hydrogen) atoms. The first-order chi connectivity index (χ1) is 11.3. The zero-order valence-corrected chi connectivity index (χ0v) is 11.9. The second-order valence-corrected chi connectivity index (χ2v) is 4.87. The average molecular weight is 339 g/mol. The summed E-state index contributed by atoms with van der Waals surface area (Å²) in [5, 5.41) is 3.68. The predicted octanol–water partition coefficient (Wildman–Crippen LogP) is 3.35. The Morgan fingerprint density at radius 2 is 1.96 bits per heavy atom. The van der Waals surface area contributed by atoms with Gasteiger partial charge in [0.25, 0.3) is 0 Å². The number of benzene rings is 1. The summed E-state index contributed by atoms with van der Waals surface area (Å²) < 4.78 is 57.7. The normalized spacial score (nSPS) is 14.7. The number of cyclic esters (lactones) is 1. The van der Waals surface area contributed by atoms with Crippen LogP contribution in [-0.2, 0) is 10.9 Å². The molecule has 0 unspecified atom stereocenters. The van der Waals surface area contributed by atoms with E-state index in [9.17, 15) is 22.4 Å². The molecule has 0 saturated carbocycles. The summed E-state index contributed by atoms with van der Waals surface area (Å²) in [6, 6.07) is 5.71. The second-order valence-electron chi connectivity index (χ2n) is 4.87. The van der Waals surface area contributed by atoms with Gasteiger partial charge in [0.1, 0.15) is 18.1 Å². The van der Waals surface area contributed by atoms with Gasteiger partial charge in [0.2, 0.25) is 0 Å². The topological polar surface area (TPSA) is 63.6 Å². The summed E-state index contributed by atoms with van der Waals surface area (Å²) in [5.74, 6) is -0.645. The van der Waals surface area contributed by atoms with Crippen LogP contribution in [0.25, 0.3) is 11.3 Å². The van der Waals surface area contributed by atoms with E-state index in [2.05, 4.69) is 14.8 Å². The van der Waals surface area contributed by atoms with Gasteiger partial charge in [0, 0.05) is 11.1 Å². The first-order valence-corrected chi connectivity index (χ1v) is 6.67. The van der Waals surface area contributed by atoms with Crippen LogP contribution in [0.5, 0.6) is 0 Å². The van der Waals surface area contributed by atoms with Gasteiger partial charge in [0.05, 0.1) is 17.5 Å². The fraction of sp³-hybridized carbons (Fsp3) is 0.133. The number of carbonyl (C=O) groups excluding carboxylic acids is 1. The van der Waals surface area contributed by atoms with Crippen LogP contribution in [0, 0.1) is 5.82 Å². The molecule has 0 spiro atoms. The molecular weight excluding hydrogens is 330 g/mol. The maximum absolute atomic E-state index is 13.4. The lowest BCUT2D eigenvalue weighted by molar-refractivity contribution is -0.137. The number of carbonyl (C=O) groups is 1. The zero-order valence-electron chi connectivity index (χ0n) is 11.9. The second kappa shape index (κ2) is 5.91. The molecule has 1 N–H and O–H groups in total. The van der Waals surface area contributed by atoms with E-state index in [-0.39, 0.29) is 29.1 Å². The number of nitrogens with zero attached hydrogens (tertiary/aromatic N) is 2. The van der Waals surface area contributed by atoms with Crippen molar-refractivity contribution in [1.29, 1.82) is 0 Å². The molecule has 0 aliphatic carbocycles. The third-order valence-electron chi connectivity index (χ3n) is 3.28.